The minimum atomic E-state index is -4.72. The summed E-state index contributed by atoms with van der Waals surface area (Å²) in [5, 5.41) is 4.71. The van der Waals surface area contributed by atoms with E-state index in [4.69, 9.17) is 0 Å². The van der Waals surface area contributed by atoms with Crippen molar-refractivity contribution in [2.45, 2.75) is 6.18 Å². The van der Waals surface area contributed by atoms with Crippen molar-refractivity contribution < 1.29 is 22.4 Å². The highest BCUT2D eigenvalue weighted by atomic mass is 19.4. The summed E-state index contributed by atoms with van der Waals surface area (Å²) in [6.07, 6.45) is -1.20. The first kappa shape index (κ1) is 19.4. The molecule has 9 heteroatoms. The van der Waals surface area contributed by atoms with E-state index < -0.39 is 23.6 Å². The van der Waals surface area contributed by atoms with Crippen molar-refractivity contribution in [1.82, 2.24) is 9.97 Å². The van der Waals surface area contributed by atoms with Crippen LogP contribution in [0, 0.1) is 5.82 Å². The van der Waals surface area contributed by atoms with E-state index in [1.807, 2.05) is 18.3 Å². The Morgan fingerprint density at radius 3 is 2.43 bits per heavy atom. The number of alkyl halides is 3. The molecule has 0 spiro atoms. The van der Waals surface area contributed by atoms with E-state index in [1.54, 1.807) is 30.5 Å². The predicted octanol–water partition coefficient (Wildman–Crippen LogP) is 6.03. The summed E-state index contributed by atoms with van der Waals surface area (Å²) >= 11 is 0. The molecule has 0 aliphatic rings. The lowest BCUT2D eigenvalue weighted by molar-refractivity contribution is -0.137. The number of fused-ring (bicyclic) bond motifs is 1. The molecule has 0 aliphatic heterocycles. The average molecular weight is 414 g/mol. The van der Waals surface area contributed by atoms with Crippen LogP contribution in [0.4, 0.5) is 33.7 Å². The number of aromatic nitrogens is 2. The van der Waals surface area contributed by atoms with Gasteiger partial charge in [0.2, 0.25) is 0 Å². The highest BCUT2D eigenvalue weighted by molar-refractivity contribution is 6.00. The molecule has 152 valence electrons. The minimum Gasteiger partial charge on any atom is -0.359 e. The first-order valence-corrected chi connectivity index (χ1v) is 8.78. The second-order valence-electron chi connectivity index (χ2n) is 6.48. The van der Waals surface area contributed by atoms with E-state index in [-0.39, 0.29) is 5.69 Å². The third kappa shape index (κ3) is 4.09. The lowest BCUT2D eigenvalue weighted by atomic mass is 10.1. The largest absolute Gasteiger partial charge is 0.416 e. The number of aromatic amines is 1. The number of H-pyrrole nitrogens is 1. The van der Waals surface area contributed by atoms with Gasteiger partial charge in [0.25, 0.3) is 0 Å². The van der Waals surface area contributed by atoms with Crippen LogP contribution in [0.3, 0.4) is 0 Å². The van der Waals surface area contributed by atoms with Gasteiger partial charge in [0, 0.05) is 29.3 Å². The molecule has 4 rings (SSSR count). The number of amides is 2. The molecule has 30 heavy (non-hydrogen) atoms. The molecule has 0 radical (unpaired) electrons. The van der Waals surface area contributed by atoms with Crippen molar-refractivity contribution >= 4 is 28.4 Å². The van der Waals surface area contributed by atoms with Crippen molar-refractivity contribution in [3.05, 3.63) is 78.4 Å². The fraction of sp³-hybridized carbons (Fsp3) is 0.0476. The Balaban J connectivity index is 1.47. The van der Waals surface area contributed by atoms with Gasteiger partial charge >= 0.3 is 12.2 Å². The lowest BCUT2D eigenvalue weighted by Crippen LogP contribution is -2.20. The number of urea groups is 1. The maximum atomic E-state index is 13.4. The lowest BCUT2D eigenvalue weighted by Gasteiger charge is -2.11. The number of nitrogens with zero attached hydrogens (tertiary/aromatic N) is 1. The summed E-state index contributed by atoms with van der Waals surface area (Å²) in [6.45, 7) is 0. The number of hydrogen-bond donors (Lipinski definition) is 3. The maximum Gasteiger partial charge on any atom is 0.416 e. The fourth-order valence-electron chi connectivity index (χ4n) is 3.03. The molecule has 0 atom stereocenters. The first-order chi connectivity index (χ1) is 14.3. The Kier molecular flexibility index (Phi) is 4.86. The molecule has 2 amide bonds. The minimum absolute atomic E-state index is 0.304. The molecule has 0 saturated heterocycles. The van der Waals surface area contributed by atoms with Gasteiger partial charge in [-0.3, -0.25) is 4.98 Å². The topological polar surface area (TPSA) is 69.8 Å². The summed E-state index contributed by atoms with van der Waals surface area (Å²) in [5.41, 5.74) is 2.38. The van der Waals surface area contributed by atoms with Gasteiger partial charge in [-0.25, -0.2) is 9.18 Å². The van der Waals surface area contributed by atoms with Crippen molar-refractivity contribution in [3.63, 3.8) is 0 Å². The molecule has 4 aromatic rings. The Morgan fingerprint density at radius 1 is 0.967 bits per heavy atom. The predicted molar refractivity (Wildman–Crippen MR) is 106 cm³/mol. The molecule has 0 unspecified atom stereocenters. The third-order valence-electron chi connectivity index (χ3n) is 4.37. The van der Waals surface area contributed by atoms with Crippen molar-refractivity contribution in [2.24, 2.45) is 0 Å². The zero-order chi connectivity index (χ0) is 21.3. The Bertz CT molecular complexity index is 1220. The first-order valence-electron chi connectivity index (χ1n) is 8.78. The average Bonchev–Trinajstić information content (AvgIpc) is 3.11. The number of carbonyl (C=O) groups is 1. The van der Waals surface area contributed by atoms with Crippen molar-refractivity contribution in [2.75, 3.05) is 10.6 Å². The molecule has 0 fully saturated rings. The van der Waals surface area contributed by atoms with Crippen LogP contribution < -0.4 is 10.6 Å². The van der Waals surface area contributed by atoms with Crippen LogP contribution in [0.2, 0.25) is 0 Å². The molecule has 2 heterocycles. The third-order valence-corrected chi connectivity index (χ3v) is 4.37. The molecule has 0 saturated carbocycles. The van der Waals surface area contributed by atoms with Gasteiger partial charge in [-0.15, -0.1) is 0 Å². The molecule has 5 nitrogen and oxygen atoms in total. The number of benzene rings is 2. The zero-order valence-corrected chi connectivity index (χ0v) is 15.2. The maximum absolute atomic E-state index is 13.4. The van der Waals surface area contributed by atoms with Gasteiger partial charge in [-0.05, 0) is 48.0 Å². The number of halogens is 4. The van der Waals surface area contributed by atoms with Gasteiger partial charge in [-0.1, -0.05) is 12.1 Å². The summed E-state index contributed by atoms with van der Waals surface area (Å²) < 4.78 is 51.8. The number of rotatable bonds is 3. The van der Waals surface area contributed by atoms with Crippen LogP contribution in [0.1, 0.15) is 5.56 Å². The van der Waals surface area contributed by atoms with Gasteiger partial charge in [-0.2, -0.15) is 13.2 Å². The van der Waals surface area contributed by atoms with E-state index in [0.29, 0.717) is 17.8 Å². The van der Waals surface area contributed by atoms with E-state index >= 15 is 0 Å². The van der Waals surface area contributed by atoms with Crippen LogP contribution in [0.5, 0.6) is 0 Å². The van der Waals surface area contributed by atoms with Crippen LogP contribution in [0.15, 0.2) is 67.0 Å². The number of anilines is 2. The van der Waals surface area contributed by atoms with Gasteiger partial charge in [0.1, 0.15) is 5.82 Å². The summed E-state index contributed by atoms with van der Waals surface area (Å²) in [6, 6.07) is 11.6. The summed E-state index contributed by atoms with van der Waals surface area (Å²) in [7, 11) is 0. The van der Waals surface area contributed by atoms with Gasteiger partial charge in [0.05, 0.1) is 16.6 Å². The zero-order valence-electron chi connectivity index (χ0n) is 15.2. The van der Waals surface area contributed by atoms with Crippen molar-refractivity contribution in [1.29, 1.82) is 0 Å². The Labute approximate surface area is 167 Å². The molecule has 2 aromatic carbocycles. The number of pyridine rings is 1. The number of carbonyl (C=O) groups excluding carboxylic acids is 1. The van der Waals surface area contributed by atoms with E-state index in [9.17, 15) is 22.4 Å². The molecule has 0 bridgehead atoms. The monoisotopic (exact) mass is 414 g/mol. The standard InChI is InChI=1S/C21H14F4N4O/c22-14-8-13(21(23,24)25)9-16(10-14)29-20(30)28-15-5-3-12(4-6-15)17-11-27-18-2-1-7-26-19(17)18/h1-11,27H,(H2,28,29,30). The van der Waals surface area contributed by atoms with Gasteiger partial charge in [0.15, 0.2) is 0 Å². The van der Waals surface area contributed by atoms with E-state index in [1.165, 1.54) is 0 Å². The van der Waals surface area contributed by atoms with E-state index in [0.717, 1.165) is 28.2 Å². The van der Waals surface area contributed by atoms with Crippen molar-refractivity contribution in [3.8, 4) is 11.1 Å². The molecular formula is C21H14F4N4O. The van der Waals surface area contributed by atoms with E-state index in [2.05, 4.69) is 20.6 Å². The highest BCUT2D eigenvalue weighted by Gasteiger charge is 2.31. The second kappa shape index (κ2) is 7.51. The van der Waals surface area contributed by atoms with Crippen LogP contribution in [-0.2, 0) is 6.18 Å². The molecule has 3 N–H and O–H groups in total. The molecule has 0 aliphatic carbocycles. The van der Waals surface area contributed by atoms with Crippen LogP contribution >= 0.6 is 0 Å². The molecular weight excluding hydrogens is 400 g/mol. The number of nitrogens with one attached hydrogen (secondary N) is 3. The summed E-state index contributed by atoms with van der Waals surface area (Å²) in [5.74, 6) is -1.10. The number of hydrogen-bond acceptors (Lipinski definition) is 2. The van der Waals surface area contributed by atoms with Crippen LogP contribution in [-0.4, -0.2) is 16.0 Å². The second-order valence-corrected chi connectivity index (χ2v) is 6.48. The normalized spacial score (nSPS) is 11.5. The Morgan fingerprint density at radius 2 is 1.70 bits per heavy atom. The fourth-order valence-corrected chi connectivity index (χ4v) is 3.03. The summed E-state index contributed by atoms with van der Waals surface area (Å²) in [4.78, 5) is 19.6. The SMILES string of the molecule is O=C(Nc1ccc(-c2c[nH]c3cccnc23)cc1)Nc1cc(F)cc(C(F)(F)F)c1. The van der Waals surface area contributed by atoms with Crippen LogP contribution in [0.25, 0.3) is 22.2 Å². The quantitative estimate of drug-likeness (QED) is 0.358. The highest BCUT2D eigenvalue weighted by Crippen LogP contribution is 2.32. The smallest absolute Gasteiger partial charge is 0.359 e. The Hall–Kier alpha value is -3.88. The van der Waals surface area contributed by atoms with Gasteiger partial charge < -0.3 is 15.6 Å². The molecule has 2 aromatic heterocycles.